The molecule has 0 spiro atoms. The summed E-state index contributed by atoms with van der Waals surface area (Å²) in [6.07, 6.45) is 0. The molecule has 0 saturated heterocycles. The van der Waals surface area contributed by atoms with Crippen LogP contribution in [0.3, 0.4) is 0 Å². The topological polar surface area (TPSA) is 46.2 Å². The lowest BCUT2D eigenvalue weighted by molar-refractivity contribution is -0.113. The minimum Gasteiger partial charge on any atom is -0.324 e. The van der Waals surface area contributed by atoms with Gasteiger partial charge in [0.1, 0.15) is 0 Å². The van der Waals surface area contributed by atoms with E-state index in [9.17, 15) is 9.59 Å². The van der Waals surface area contributed by atoms with Crippen molar-refractivity contribution in [2.75, 3.05) is 16.4 Å². The molecule has 0 radical (unpaired) electrons. The Morgan fingerprint density at radius 2 is 2.33 bits per heavy atom. The van der Waals surface area contributed by atoms with E-state index in [-0.39, 0.29) is 11.7 Å². The Morgan fingerprint density at radius 3 is 3.07 bits per heavy atom. The van der Waals surface area contributed by atoms with E-state index in [4.69, 9.17) is 0 Å². The second-order valence-corrected chi connectivity index (χ2v) is 4.68. The molecule has 0 fully saturated rings. The molecular weight excluding hydrogens is 278 g/mol. The molecule has 0 bridgehead atoms. The fourth-order valence-corrected chi connectivity index (χ4v) is 2.49. The third-order valence-corrected chi connectivity index (χ3v) is 3.62. The summed E-state index contributed by atoms with van der Waals surface area (Å²) in [5.41, 5.74) is 1.47. The molecule has 1 heterocycles. The van der Waals surface area contributed by atoms with Crippen LogP contribution in [0.2, 0.25) is 0 Å². The van der Waals surface area contributed by atoms with E-state index in [1.165, 1.54) is 11.8 Å². The Kier molecular flexibility index (Phi) is 3.11. The zero-order valence-corrected chi connectivity index (χ0v) is 10.2. The number of ketones is 1. The minimum atomic E-state index is 0.00654. The van der Waals surface area contributed by atoms with Gasteiger partial charge in [-0.2, -0.15) is 0 Å². The van der Waals surface area contributed by atoms with Crippen LogP contribution in [0.1, 0.15) is 10.4 Å². The van der Waals surface area contributed by atoms with E-state index in [1.54, 1.807) is 12.1 Å². The third kappa shape index (κ3) is 2.23. The number of rotatable bonds is 2. The van der Waals surface area contributed by atoms with Gasteiger partial charge in [0.15, 0.2) is 5.78 Å². The lowest BCUT2D eigenvalue weighted by Crippen LogP contribution is -2.18. The number of fused-ring (bicyclic) bond motifs is 1. The van der Waals surface area contributed by atoms with Gasteiger partial charge in [-0.05, 0) is 18.2 Å². The summed E-state index contributed by atoms with van der Waals surface area (Å²) in [5, 5.41) is 3.08. The van der Waals surface area contributed by atoms with Gasteiger partial charge in [-0.25, -0.2) is 0 Å². The van der Waals surface area contributed by atoms with Crippen molar-refractivity contribution < 1.29 is 9.59 Å². The first-order valence-corrected chi connectivity index (χ1v) is 6.47. The molecule has 5 heteroatoms. The number of alkyl halides is 1. The van der Waals surface area contributed by atoms with Crippen molar-refractivity contribution in [2.24, 2.45) is 0 Å². The van der Waals surface area contributed by atoms with Gasteiger partial charge in [0.05, 0.1) is 16.8 Å². The predicted octanol–water partition coefficient (Wildman–Crippen LogP) is 2.31. The van der Waals surface area contributed by atoms with Crippen LogP contribution in [0.4, 0.5) is 5.69 Å². The van der Waals surface area contributed by atoms with E-state index in [0.717, 1.165) is 10.6 Å². The Hall–Kier alpha value is -0.810. The number of amides is 1. The van der Waals surface area contributed by atoms with Gasteiger partial charge in [-0.3, -0.25) is 9.59 Å². The molecule has 0 unspecified atom stereocenters. The molecule has 1 aromatic rings. The quantitative estimate of drug-likeness (QED) is 0.670. The number of carbonyl (C=O) groups excluding carboxylic acids is 2. The molecule has 0 aromatic heterocycles. The van der Waals surface area contributed by atoms with E-state index in [0.29, 0.717) is 16.6 Å². The SMILES string of the molecule is O=C1CSc2cc(C(=O)CBr)ccc2N1. The number of nitrogens with one attached hydrogen (secondary N) is 1. The molecule has 1 aliphatic heterocycles. The summed E-state index contributed by atoms with van der Waals surface area (Å²) < 4.78 is 0. The summed E-state index contributed by atoms with van der Waals surface area (Å²) in [6, 6.07) is 5.33. The molecule has 2 rings (SSSR count). The van der Waals surface area contributed by atoms with Crippen LogP contribution in [-0.4, -0.2) is 22.8 Å². The van der Waals surface area contributed by atoms with Crippen LogP contribution in [0.15, 0.2) is 23.1 Å². The molecule has 0 saturated carbocycles. The van der Waals surface area contributed by atoms with Gasteiger partial charge in [-0.15, -0.1) is 11.8 Å². The fourth-order valence-electron chi connectivity index (χ4n) is 1.33. The van der Waals surface area contributed by atoms with Gasteiger partial charge in [0.25, 0.3) is 0 Å². The van der Waals surface area contributed by atoms with E-state index in [2.05, 4.69) is 21.2 Å². The maximum absolute atomic E-state index is 11.4. The highest BCUT2D eigenvalue weighted by Gasteiger charge is 2.16. The number of hydrogen-bond acceptors (Lipinski definition) is 3. The summed E-state index contributed by atoms with van der Waals surface area (Å²) in [5.74, 6) is 0.473. The number of halogens is 1. The minimum absolute atomic E-state index is 0.00654. The van der Waals surface area contributed by atoms with Crippen LogP contribution < -0.4 is 5.32 Å². The molecule has 3 nitrogen and oxygen atoms in total. The Balaban J connectivity index is 2.34. The van der Waals surface area contributed by atoms with Crippen LogP contribution >= 0.6 is 27.7 Å². The average molecular weight is 286 g/mol. The third-order valence-electron chi connectivity index (χ3n) is 2.06. The first-order valence-electron chi connectivity index (χ1n) is 4.36. The van der Waals surface area contributed by atoms with Crippen molar-refractivity contribution in [2.45, 2.75) is 4.90 Å². The standard InChI is InChI=1S/C10H8BrNO2S/c11-4-8(13)6-1-2-7-9(3-6)15-5-10(14)12-7/h1-3H,4-5H2,(H,12,14). The lowest BCUT2D eigenvalue weighted by atomic mass is 10.1. The van der Waals surface area contributed by atoms with Gasteiger partial charge >= 0.3 is 0 Å². The van der Waals surface area contributed by atoms with Crippen molar-refractivity contribution in [1.29, 1.82) is 0 Å². The molecule has 0 atom stereocenters. The van der Waals surface area contributed by atoms with Crippen molar-refractivity contribution in [3.8, 4) is 0 Å². The predicted molar refractivity (Wildman–Crippen MR) is 63.9 cm³/mol. The van der Waals surface area contributed by atoms with Gasteiger partial charge < -0.3 is 5.32 Å². The first kappa shape index (κ1) is 10.7. The fraction of sp³-hybridized carbons (Fsp3) is 0.200. The van der Waals surface area contributed by atoms with Crippen LogP contribution in [0, 0.1) is 0 Å². The lowest BCUT2D eigenvalue weighted by Gasteiger charge is -2.16. The monoisotopic (exact) mass is 285 g/mol. The van der Waals surface area contributed by atoms with Gasteiger partial charge in [0.2, 0.25) is 5.91 Å². The smallest absolute Gasteiger partial charge is 0.234 e. The maximum Gasteiger partial charge on any atom is 0.234 e. The zero-order valence-electron chi connectivity index (χ0n) is 7.75. The van der Waals surface area contributed by atoms with Crippen LogP contribution in [-0.2, 0) is 4.79 Å². The van der Waals surface area contributed by atoms with Crippen LogP contribution in [0.25, 0.3) is 0 Å². The molecular formula is C10H8BrNO2S. The Bertz CT molecular complexity index is 433. The molecule has 1 aliphatic rings. The summed E-state index contributed by atoms with van der Waals surface area (Å²) in [7, 11) is 0. The Morgan fingerprint density at radius 1 is 1.53 bits per heavy atom. The van der Waals surface area contributed by atoms with E-state index in [1.807, 2.05) is 6.07 Å². The summed E-state index contributed by atoms with van der Waals surface area (Å²) in [4.78, 5) is 23.5. The number of Topliss-reactive ketones (excluding diaryl/α,β-unsaturated/α-hetero) is 1. The number of thioether (sulfide) groups is 1. The molecule has 0 aliphatic carbocycles. The van der Waals surface area contributed by atoms with Crippen molar-refractivity contribution >= 4 is 45.1 Å². The maximum atomic E-state index is 11.4. The molecule has 1 aromatic carbocycles. The van der Waals surface area contributed by atoms with Crippen molar-refractivity contribution in [3.63, 3.8) is 0 Å². The zero-order chi connectivity index (χ0) is 10.8. The highest BCUT2D eigenvalue weighted by Crippen LogP contribution is 2.32. The van der Waals surface area contributed by atoms with Gasteiger partial charge in [0, 0.05) is 10.5 Å². The first-order chi connectivity index (χ1) is 7.20. The Labute approximate surface area is 99.7 Å². The molecule has 78 valence electrons. The van der Waals surface area contributed by atoms with Crippen molar-refractivity contribution in [1.82, 2.24) is 0 Å². The second kappa shape index (κ2) is 4.37. The summed E-state index contributed by atoms with van der Waals surface area (Å²) in [6.45, 7) is 0. The van der Waals surface area contributed by atoms with E-state index < -0.39 is 0 Å². The summed E-state index contributed by atoms with van der Waals surface area (Å²) >= 11 is 4.59. The molecule has 15 heavy (non-hydrogen) atoms. The molecule has 1 N–H and O–H groups in total. The second-order valence-electron chi connectivity index (χ2n) is 3.10. The van der Waals surface area contributed by atoms with Crippen LogP contribution in [0.5, 0.6) is 0 Å². The highest BCUT2D eigenvalue weighted by molar-refractivity contribution is 9.09. The van der Waals surface area contributed by atoms with E-state index >= 15 is 0 Å². The largest absolute Gasteiger partial charge is 0.324 e. The van der Waals surface area contributed by atoms with Gasteiger partial charge in [-0.1, -0.05) is 15.9 Å². The van der Waals surface area contributed by atoms with Crippen molar-refractivity contribution in [3.05, 3.63) is 23.8 Å². The number of anilines is 1. The average Bonchev–Trinajstić information content (AvgIpc) is 2.27. The molecule has 1 amide bonds. The highest BCUT2D eigenvalue weighted by atomic mass is 79.9. The number of carbonyl (C=O) groups is 2. The number of hydrogen-bond donors (Lipinski definition) is 1. The normalized spacial score (nSPS) is 14.3. The number of benzene rings is 1.